The summed E-state index contributed by atoms with van der Waals surface area (Å²) in [5.41, 5.74) is 2.30. The second kappa shape index (κ2) is 9.24. The Labute approximate surface area is 193 Å². The molecule has 2 aliphatic heterocycles. The third kappa shape index (κ3) is 5.01. The number of aromatic nitrogens is 3. The Hall–Kier alpha value is -3.37. The van der Waals surface area contributed by atoms with E-state index in [1.165, 1.54) is 12.1 Å². The van der Waals surface area contributed by atoms with Gasteiger partial charge in [0.25, 0.3) is 11.1 Å². The molecule has 0 unspecified atom stereocenters. The number of halogens is 1. The Morgan fingerprint density at radius 3 is 2.79 bits per heavy atom. The van der Waals surface area contributed by atoms with Crippen molar-refractivity contribution < 1.29 is 14.0 Å². The highest BCUT2D eigenvalue weighted by Crippen LogP contribution is 2.25. The smallest absolute Gasteiger partial charge is 0.290 e. The first-order valence-electron chi connectivity index (χ1n) is 10.6. The van der Waals surface area contributed by atoms with Crippen molar-refractivity contribution in [2.24, 2.45) is 0 Å². The van der Waals surface area contributed by atoms with E-state index < -0.39 is 5.91 Å². The normalized spacial score (nSPS) is 18.3. The van der Waals surface area contributed by atoms with E-state index in [0.29, 0.717) is 29.1 Å². The number of carbonyl (C=O) groups is 2. The lowest BCUT2D eigenvalue weighted by molar-refractivity contribution is -0.115. The van der Waals surface area contributed by atoms with Crippen LogP contribution in [0.3, 0.4) is 0 Å². The molecule has 0 aliphatic carbocycles. The van der Waals surface area contributed by atoms with Crippen molar-refractivity contribution in [3.63, 3.8) is 0 Å². The number of hydrogen-bond donors (Lipinski definition) is 2. The van der Waals surface area contributed by atoms with Crippen molar-refractivity contribution in [3.05, 3.63) is 64.7 Å². The van der Waals surface area contributed by atoms with E-state index in [0.717, 1.165) is 54.3 Å². The van der Waals surface area contributed by atoms with Gasteiger partial charge in [0.1, 0.15) is 5.82 Å². The fourth-order valence-corrected chi connectivity index (χ4v) is 4.59. The van der Waals surface area contributed by atoms with Crippen LogP contribution in [0.1, 0.15) is 24.2 Å². The fraction of sp³-hybridized carbons (Fsp3) is 0.261. The molecule has 3 aromatic rings. The molecule has 0 radical (unpaired) electrons. The van der Waals surface area contributed by atoms with Gasteiger partial charge in [0.05, 0.1) is 21.8 Å². The van der Waals surface area contributed by atoms with Crippen molar-refractivity contribution in [1.82, 2.24) is 25.6 Å². The van der Waals surface area contributed by atoms with Gasteiger partial charge >= 0.3 is 0 Å². The number of amides is 2. The highest BCUT2D eigenvalue weighted by Gasteiger charge is 2.25. The standard InChI is InChI=1S/C23H21FN6O2S/c24-15-2-4-19-14(11-15)1-3-18(27-19)13-26-16-6-9-30(10-7-16)22-25-8-5-17(28-22)12-20-21(31)29-23(32)33-20/h1-5,8,11-12,16,26H,6-7,9-10,13H2,(H,29,31,32). The van der Waals surface area contributed by atoms with Crippen molar-refractivity contribution in [2.75, 3.05) is 18.0 Å². The van der Waals surface area contributed by atoms with Crippen molar-refractivity contribution in [3.8, 4) is 0 Å². The summed E-state index contributed by atoms with van der Waals surface area (Å²) in [6, 6.07) is 10.5. The number of carbonyl (C=O) groups excluding carboxylic acids is 2. The molecule has 0 saturated carbocycles. The van der Waals surface area contributed by atoms with Crippen LogP contribution in [0.5, 0.6) is 0 Å². The molecule has 33 heavy (non-hydrogen) atoms. The van der Waals surface area contributed by atoms with Crippen LogP contribution in [-0.2, 0) is 11.3 Å². The van der Waals surface area contributed by atoms with Crippen LogP contribution < -0.4 is 15.5 Å². The van der Waals surface area contributed by atoms with Crippen LogP contribution in [-0.4, -0.2) is 45.2 Å². The topological polar surface area (TPSA) is 100 Å². The van der Waals surface area contributed by atoms with Crippen LogP contribution in [0.25, 0.3) is 17.0 Å². The molecule has 5 rings (SSSR count). The van der Waals surface area contributed by atoms with Gasteiger partial charge in [-0.15, -0.1) is 0 Å². The quantitative estimate of drug-likeness (QED) is 0.555. The lowest BCUT2D eigenvalue weighted by Crippen LogP contribution is -2.43. The predicted molar refractivity (Wildman–Crippen MR) is 125 cm³/mol. The molecule has 4 heterocycles. The molecule has 168 valence electrons. The zero-order valence-corrected chi connectivity index (χ0v) is 18.4. The summed E-state index contributed by atoms with van der Waals surface area (Å²) in [5, 5.41) is 6.23. The van der Waals surface area contributed by atoms with E-state index in [1.54, 1.807) is 24.4 Å². The maximum absolute atomic E-state index is 13.3. The van der Waals surface area contributed by atoms with E-state index >= 15 is 0 Å². The number of anilines is 1. The number of nitrogens with zero attached hydrogens (tertiary/aromatic N) is 4. The van der Waals surface area contributed by atoms with Gasteiger partial charge in [0, 0.05) is 37.3 Å². The third-order valence-corrected chi connectivity index (χ3v) is 6.45. The van der Waals surface area contributed by atoms with E-state index in [-0.39, 0.29) is 11.1 Å². The molecule has 10 heteroatoms. The maximum Gasteiger partial charge on any atom is 0.290 e. The van der Waals surface area contributed by atoms with E-state index in [2.05, 4.69) is 30.5 Å². The molecule has 0 atom stereocenters. The molecule has 8 nitrogen and oxygen atoms in total. The summed E-state index contributed by atoms with van der Waals surface area (Å²) in [6.07, 6.45) is 5.13. The summed E-state index contributed by atoms with van der Waals surface area (Å²) in [4.78, 5) is 39.1. The number of thioether (sulfide) groups is 1. The van der Waals surface area contributed by atoms with E-state index in [4.69, 9.17) is 0 Å². The van der Waals surface area contributed by atoms with E-state index in [9.17, 15) is 14.0 Å². The molecule has 0 bridgehead atoms. The Kier molecular flexibility index (Phi) is 6.01. The van der Waals surface area contributed by atoms with Gasteiger partial charge in [0.2, 0.25) is 5.95 Å². The SMILES string of the molecule is O=C1NC(=O)C(=Cc2ccnc(N3CCC(NCc4ccc5cc(F)ccc5n4)CC3)n2)S1. The number of pyridine rings is 1. The second-order valence-electron chi connectivity index (χ2n) is 7.92. The molecule has 2 aliphatic rings. The monoisotopic (exact) mass is 464 g/mol. The molecular formula is C23H21FN6O2S. The minimum atomic E-state index is -0.398. The molecule has 2 saturated heterocycles. The molecule has 2 N–H and O–H groups in total. The van der Waals surface area contributed by atoms with Crippen molar-refractivity contribution in [1.29, 1.82) is 0 Å². The number of rotatable bonds is 5. The summed E-state index contributed by atoms with van der Waals surface area (Å²) in [5.74, 6) is -0.0443. The van der Waals surface area contributed by atoms with Gasteiger partial charge in [-0.1, -0.05) is 6.07 Å². The number of imide groups is 1. The largest absolute Gasteiger partial charge is 0.341 e. The molecule has 0 spiro atoms. The van der Waals surface area contributed by atoms with Crippen LogP contribution in [0.15, 0.2) is 47.5 Å². The molecule has 1 aromatic carbocycles. The fourth-order valence-electron chi connectivity index (χ4n) is 3.92. The average molecular weight is 465 g/mol. The second-order valence-corrected chi connectivity index (χ2v) is 8.93. The number of hydrogen-bond acceptors (Lipinski definition) is 8. The maximum atomic E-state index is 13.3. The summed E-state index contributed by atoms with van der Waals surface area (Å²) >= 11 is 0.872. The van der Waals surface area contributed by atoms with Gasteiger partial charge in [-0.05, 0) is 61.0 Å². The number of benzene rings is 1. The van der Waals surface area contributed by atoms with Gasteiger partial charge < -0.3 is 10.2 Å². The average Bonchev–Trinajstić information content (AvgIpc) is 3.14. The predicted octanol–water partition coefficient (Wildman–Crippen LogP) is 3.25. The van der Waals surface area contributed by atoms with Crippen LogP contribution >= 0.6 is 11.8 Å². The first-order chi connectivity index (χ1) is 16.0. The van der Waals surface area contributed by atoms with Gasteiger partial charge in [0.15, 0.2) is 0 Å². The molecule has 2 aromatic heterocycles. The first kappa shape index (κ1) is 21.5. The number of nitrogens with one attached hydrogen (secondary N) is 2. The minimum absolute atomic E-state index is 0.258. The van der Waals surface area contributed by atoms with Crippen molar-refractivity contribution >= 4 is 45.8 Å². The Morgan fingerprint density at radius 1 is 1.15 bits per heavy atom. The summed E-state index contributed by atoms with van der Waals surface area (Å²) in [6.45, 7) is 2.25. The third-order valence-electron chi connectivity index (χ3n) is 5.64. The lowest BCUT2D eigenvalue weighted by Gasteiger charge is -2.32. The highest BCUT2D eigenvalue weighted by molar-refractivity contribution is 8.18. The highest BCUT2D eigenvalue weighted by atomic mass is 32.2. The summed E-state index contributed by atoms with van der Waals surface area (Å²) < 4.78 is 13.3. The number of piperidine rings is 1. The van der Waals surface area contributed by atoms with Gasteiger partial charge in [-0.25, -0.2) is 14.4 Å². The molecule has 2 amide bonds. The lowest BCUT2D eigenvalue weighted by atomic mass is 10.1. The van der Waals surface area contributed by atoms with E-state index in [1.807, 2.05) is 12.1 Å². The minimum Gasteiger partial charge on any atom is -0.341 e. The van der Waals surface area contributed by atoms with Crippen molar-refractivity contribution in [2.45, 2.75) is 25.4 Å². The summed E-state index contributed by atoms with van der Waals surface area (Å²) in [7, 11) is 0. The number of fused-ring (bicyclic) bond motifs is 1. The van der Waals surface area contributed by atoms with Crippen LogP contribution in [0.4, 0.5) is 15.1 Å². The van der Waals surface area contributed by atoms with Gasteiger partial charge in [-0.3, -0.25) is 19.9 Å². The van der Waals surface area contributed by atoms with Crippen LogP contribution in [0, 0.1) is 5.82 Å². The molecule has 2 fully saturated rings. The first-order valence-corrected chi connectivity index (χ1v) is 11.5. The zero-order valence-electron chi connectivity index (χ0n) is 17.6. The van der Waals surface area contributed by atoms with Crippen LogP contribution in [0.2, 0.25) is 0 Å². The van der Waals surface area contributed by atoms with Gasteiger partial charge in [-0.2, -0.15) is 0 Å². The Balaban J connectivity index is 1.17. The Bertz CT molecular complexity index is 1260. The Morgan fingerprint density at radius 2 is 2.00 bits per heavy atom. The molecular weight excluding hydrogens is 443 g/mol. The zero-order chi connectivity index (χ0) is 22.8.